The molecule has 1 aromatic heterocycles. The van der Waals surface area contributed by atoms with Gasteiger partial charge in [-0.05, 0) is 54.8 Å². The van der Waals surface area contributed by atoms with E-state index in [9.17, 15) is 9.90 Å². The smallest absolute Gasteiger partial charge is 0.251 e. The molecule has 0 aliphatic carbocycles. The van der Waals surface area contributed by atoms with Crippen molar-refractivity contribution in [2.45, 2.75) is 26.8 Å². The normalized spacial score (nSPS) is 10.8. The molecule has 5 heteroatoms. The Hall–Kier alpha value is -2.95. The summed E-state index contributed by atoms with van der Waals surface area (Å²) in [5.74, 6) is 0.0849. The van der Waals surface area contributed by atoms with E-state index in [4.69, 9.17) is 4.74 Å². The zero-order valence-electron chi connectivity index (χ0n) is 14.6. The van der Waals surface area contributed by atoms with Crippen molar-refractivity contribution in [3.8, 4) is 11.5 Å². The molecule has 0 fully saturated rings. The van der Waals surface area contributed by atoms with Crippen LogP contribution in [0.15, 0.2) is 36.4 Å². The highest BCUT2D eigenvalue weighted by molar-refractivity contribution is 5.95. The number of aromatic hydroxyl groups is 1. The number of phenols is 1. The van der Waals surface area contributed by atoms with Gasteiger partial charge in [0.25, 0.3) is 5.91 Å². The number of phenolic OH excluding ortho intramolecular Hbond substituents is 1. The Labute approximate surface area is 146 Å². The summed E-state index contributed by atoms with van der Waals surface area (Å²) in [6.45, 7) is 4.68. The van der Waals surface area contributed by atoms with Crippen LogP contribution >= 0.6 is 0 Å². The Bertz CT molecular complexity index is 928. The molecule has 1 heterocycles. The maximum Gasteiger partial charge on any atom is 0.251 e. The molecule has 0 saturated heterocycles. The first-order valence-electron chi connectivity index (χ1n) is 8.28. The minimum atomic E-state index is -0.210. The highest BCUT2D eigenvalue weighted by atomic mass is 16.5. The lowest BCUT2D eigenvalue weighted by molar-refractivity contribution is 0.0950. The second kappa shape index (κ2) is 6.89. The molecule has 0 saturated carbocycles. The van der Waals surface area contributed by atoms with Crippen LogP contribution in [0.25, 0.3) is 10.9 Å². The molecule has 3 rings (SSSR count). The number of nitrogens with one attached hydrogen (secondary N) is 2. The van der Waals surface area contributed by atoms with Gasteiger partial charge in [0.05, 0.1) is 7.11 Å². The number of rotatable bonds is 5. The molecule has 130 valence electrons. The van der Waals surface area contributed by atoms with Crippen LogP contribution in [0.4, 0.5) is 0 Å². The molecule has 0 radical (unpaired) electrons. The summed E-state index contributed by atoms with van der Waals surface area (Å²) in [5, 5.41) is 13.7. The van der Waals surface area contributed by atoms with Gasteiger partial charge in [-0.2, -0.15) is 0 Å². The molecule has 3 N–H and O–H groups in total. The van der Waals surface area contributed by atoms with Crippen molar-refractivity contribution >= 4 is 16.8 Å². The summed E-state index contributed by atoms with van der Waals surface area (Å²) in [7, 11) is 1.45. The average Bonchev–Trinajstić information content (AvgIpc) is 2.95. The second-order valence-corrected chi connectivity index (χ2v) is 6.03. The Morgan fingerprint density at radius 2 is 2.04 bits per heavy atom. The van der Waals surface area contributed by atoms with Crippen molar-refractivity contribution < 1.29 is 14.6 Å². The molecule has 0 spiro atoms. The third kappa shape index (κ3) is 3.31. The molecule has 5 nitrogen and oxygen atoms in total. The van der Waals surface area contributed by atoms with Crippen LogP contribution in [0.5, 0.6) is 11.5 Å². The van der Waals surface area contributed by atoms with Gasteiger partial charge in [-0.25, -0.2) is 0 Å². The molecule has 2 aromatic carbocycles. The zero-order chi connectivity index (χ0) is 18.0. The summed E-state index contributed by atoms with van der Waals surface area (Å²) in [6.07, 6.45) is 0.968. The van der Waals surface area contributed by atoms with Gasteiger partial charge in [0.15, 0.2) is 11.5 Å². The van der Waals surface area contributed by atoms with Crippen LogP contribution < -0.4 is 10.1 Å². The lowest BCUT2D eigenvalue weighted by atomic mass is 10.1. The number of aromatic amines is 1. The predicted octanol–water partition coefficient (Wildman–Crippen LogP) is 3.68. The summed E-state index contributed by atoms with van der Waals surface area (Å²) in [4.78, 5) is 15.7. The van der Waals surface area contributed by atoms with Gasteiger partial charge < -0.3 is 20.1 Å². The highest BCUT2D eigenvalue weighted by Gasteiger charge is 2.11. The lowest BCUT2D eigenvalue weighted by Crippen LogP contribution is -2.22. The fourth-order valence-corrected chi connectivity index (χ4v) is 3.00. The van der Waals surface area contributed by atoms with Gasteiger partial charge >= 0.3 is 0 Å². The van der Waals surface area contributed by atoms with Gasteiger partial charge in [-0.15, -0.1) is 0 Å². The molecule has 3 aromatic rings. The Kier molecular flexibility index (Phi) is 4.65. The lowest BCUT2D eigenvalue weighted by Gasteiger charge is -2.08. The van der Waals surface area contributed by atoms with Crippen LogP contribution in [0.2, 0.25) is 0 Å². The van der Waals surface area contributed by atoms with Gasteiger partial charge in [-0.3, -0.25) is 4.79 Å². The fraction of sp³-hybridized carbons (Fsp3) is 0.250. The molecule has 0 aliphatic heterocycles. The monoisotopic (exact) mass is 338 g/mol. The van der Waals surface area contributed by atoms with E-state index in [0.717, 1.165) is 17.5 Å². The van der Waals surface area contributed by atoms with E-state index in [1.54, 1.807) is 6.07 Å². The van der Waals surface area contributed by atoms with E-state index in [2.05, 4.69) is 30.2 Å². The summed E-state index contributed by atoms with van der Waals surface area (Å²) in [5.41, 5.74) is 5.10. The van der Waals surface area contributed by atoms with Crippen LogP contribution in [-0.4, -0.2) is 23.1 Å². The first-order valence-corrected chi connectivity index (χ1v) is 8.28. The number of carbonyl (C=O) groups excluding carboxylic acids is 1. The van der Waals surface area contributed by atoms with Crippen molar-refractivity contribution in [1.29, 1.82) is 0 Å². The van der Waals surface area contributed by atoms with E-state index >= 15 is 0 Å². The number of aromatic nitrogens is 1. The molecular weight excluding hydrogens is 316 g/mol. The number of methoxy groups -OCH3 is 1. The molecule has 0 unspecified atom stereocenters. The maximum atomic E-state index is 12.3. The Morgan fingerprint density at radius 3 is 2.76 bits per heavy atom. The van der Waals surface area contributed by atoms with Crippen molar-refractivity contribution in [3.63, 3.8) is 0 Å². The average molecular weight is 338 g/mol. The first kappa shape index (κ1) is 16.9. The number of benzene rings is 2. The first-order chi connectivity index (χ1) is 12.0. The van der Waals surface area contributed by atoms with Gasteiger partial charge in [0.2, 0.25) is 0 Å². The number of hydrogen-bond donors (Lipinski definition) is 3. The van der Waals surface area contributed by atoms with Crippen LogP contribution in [0, 0.1) is 6.92 Å². The third-order valence-electron chi connectivity index (χ3n) is 4.47. The van der Waals surface area contributed by atoms with E-state index in [-0.39, 0.29) is 17.4 Å². The van der Waals surface area contributed by atoms with E-state index in [0.29, 0.717) is 12.1 Å². The van der Waals surface area contributed by atoms with Crippen molar-refractivity contribution in [3.05, 3.63) is 58.8 Å². The number of aryl methyl sites for hydroxylation is 2. The second-order valence-electron chi connectivity index (χ2n) is 6.03. The van der Waals surface area contributed by atoms with Crippen molar-refractivity contribution in [1.82, 2.24) is 10.3 Å². The minimum Gasteiger partial charge on any atom is -0.504 e. The highest BCUT2D eigenvalue weighted by Crippen LogP contribution is 2.26. The molecule has 0 bridgehead atoms. The number of carbonyl (C=O) groups is 1. The number of H-pyrrole nitrogens is 1. The fourth-order valence-electron chi connectivity index (χ4n) is 3.00. The summed E-state index contributed by atoms with van der Waals surface area (Å²) < 4.78 is 5.04. The number of ether oxygens (including phenoxy) is 1. The minimum absolute atomic E-state index is 0.0131. The van der Waals surface area contributed by atoms with Gasteiger partial charge in [0.1, 0.15) is 0 Å². The summed E-state index contributed by atoms with van der Waals surface area (Å²) in [6, 6.07) is 10.7. The van der Waals surface area contributed by atoms with E-state index < -0.39 is 0 Å². The summed E-state index contributed by atoms with van der Waals surface area (Å²) >= 11 is 0. The number of amides is 1. The number of fused-ring (bicyclic) bond motifs is 1. The quantitative estimate of drug-likeness (QED) is 0.664. The van der Waals surface area contributed by atoms with Crippen molar-refractivity contribution in [2.75, 3.05) is 7.11 Å². The molecule has 25 heavy (non-hydrogen) atoms. The topological polar surface area (TPSA) is 74.4 Å². The van der Waals surface area contributed by atoms with E-state index in [1.807, 2.05) is 12.1 Å². The standard InChI is InChI=1S/C20H22N2O3/c1-4-16-12(2)15-9-13(5-7-17(15)22-16)11-21-20(24)14-6-8-18(23)19(10-14)25-3/h5-10,22-23H,4,11H2,1-3H3,(H,21,24). The van der Waals surface area contributed by atoms with Gasteiger partial charge in [0, 0.05) is 28.7 Å². The molecule has 0 aliphatic rings. The Balaban J connectivity index is 1.75. The Morgan fingerprint density at radius 1 is 1.24 bits per heavy atom. The third-order valence-corrected chi connectivity index (χ3v) is 4.47. The molecule has 0 atom stereocenters. The SMILES string of the molecule is CCc1[nH]c2ccc(CNC(=O)c3ccc(O)c(OC)c3)cc2c1C. The van der Waals surface area contributed by atoms with Crippen LogP contribution in [0.3, 0.4) is 0 Å². The number of hydrogen-bond acceptors (Lipinski definition) is 3. The predicted molar refractivity (Wildman–Crippen MR) is 98.2 cm³/mol. The van der Waals surface area contributed by atoms with Crippen molar-refractivity contribution in [2.24, 2.45) is 0 Å². The maximum absolute atomic E-state index is 12.3. The van der Waals surface area contributed by atoms with Crippen LogP contribution in [0.1, 0.15) is 34.1 Å². The van der Waals surface area contributed by atoms with Gasteiger partial charge in [-0.1, -0.05) is 13.0 Å². The molecular formula is C20H22N2O3. The van der Waals surface area contributed by atoms with E-state index in [1.165, 1.54) is 35.9 Å². The molecule has 1 amide bonds. The van der Waals surface area contributed by atoms with Crippen LogP contribution in [-0.2, 0) is 13.0 Å². The largest absolute Gasteiger partial charge is 0.504 e. The zero-order valence-corrected chi connectivity index (χ0v) is 14.6.